The summed E-state index contributed by atoms with van der Waals surface area (Å²) in [5.41, 5.74) is 5.65. The van der Waals surface area contributed by atoms with Gasteiger partial charge in [0.2, 0.25) is 0 Å². The molecule has 2 N–H and O–H groups in total. The van der Waals surface area contributed by atoms with E-state index in [2.05, 4.69) is 17.9 Å². The van der Waals surface area contributed by atoms with Crippen molar-refractivity contribution in [2.75, 3.05) is 19.6 Å². The molecule has 0 aromatic carbocycles. The highest BCUT2D eigenvalue weighted by Gasteiger charge is 2.22. The van der Waals surface area contributed by atoms with E-state index < -0.39 is 0 Å². The molecule has 0 bridgehead atoms. The number of piperidine rings is 1. The van der Waals surface area contributed by atoms with Gasteiger partial charge in [-0.15, -0.1) is 0 Å². The summed E-state index contributed by atoms with van der Waals surface area (Å²) in [6, 6.07) is 2.63. The molecule has 74 valence electrons. The van der Waals surface area contributed by atoms with Crippen molar-refractivity contribution in [1.29, 1.82) is 5.26 Å². The van der Waals surface area contributed by atoms with Crippen LogP contribution in [0, 0.1) is 17.2 Å². The Morgan fingerprint density at radius 3 is 3.08 bits per heavy atom. The fourth-order valence-electron chi connectivity index (χ4n) is 1.95. The van der Waals surface area contributed by atoms with Crippen molar-refractivity contribution in [2.24, 2.45) is 11.7 Å². The highest BCUT2D eigenvalue weighted by molar-refractivity contribution is 4.83. The zero-order valence-corrected chi connectivity index (χ0v) is 8.37. The number of nitrogens with zero attached hydrogens (tertiary/aromatic N) is 2. The standard InChI is InChI=1S/C10H19N3/c1-9(4-5-11)13-6-2-3-10(7-12)8-13/h9-10H,2-4,6-8,12H2,1H3. The zero-order chi connectivity index (χ0) is 9.68. The van der Waals surface area contributed by atoms with Gasteiger partial charge >= 0.3 is 0 Å². The van der Waals surface area contributed by atoms with Gasteiger partial charge in [0.1, 0.15) is 0 Å². The van der Waals surface area contributed by atoms with E-state index in [-0.39, 0.29) is 0 Å². The largest absolute Gasteiger partial charge is 0.330 e. The number of rotatable bonds is 3. The molecule has 0 aliphatic carbocycles. The number of nitriles is 1. The fourth-order valence-corrected chi connectivity index (χ4v) is 1.95. The summed E-state index contributed by atoms with van der Waals surface area (Å²) in [5, 5.41) is 8.59. The van der Waals surface area contributed by atoms with E-state index in [0.717, 1.165) is 19.6 Å². The minimum absolute atomic E-state index is 0.402. The van der Waals surface area contributed by atoms with Crippen LogP contribution in [0.1, 0.15) is 26.2 Å². The van der Waals surface area contributed by atoms with Crippen molar-refractivity contribution in [1.82, 2.24) is 4.90 Å². The Hall–Kier alpha value is -0.590. The van der Waals surface area contributed by atoms with Crippen LogP contribution in [0.2, 0.25) is 0 Å². The predicted molar refractivity (Wildman–Crippen MR) is 53.0 cm³/mol. The Kier molecular flexibility index (Phi) is 4.20. The van der Waals surface area contributed by atoms with Gasteiger partial charge in [-0.25, -0.2) is 0 Å². The Labute approximate surface area is 80.5 Å². The van der Waals surface area contributed by atoms with E-state index in [9.17, 15) is 0 Å². The molecule has 1 saturated heterocycles. The maximum atomic E-state index is 8.59. The normalized spacial score (nSPS) is 26.7. The lowest BCUT2D eigenvalue weighted by molar-refractivity contribution is 0.136. The van der Waals surface area contributed by atoms with Crippen molar-refractivity contribution >= 4 is 0 Å². The number of hydrogen-bond acceptors (Lipinski definition) is 3. The SMILES string of the molecule is CC(CC#N)N1CCCC(CN)C1. The Morgan fingerprint density at radius 2 is 2.46 bits per heavy atom. The smallest absolute Gasteiger partial charge is 0.0638 e. The van der Waals surface area contributed by atoms with Crippen LogP contribution in [0.5, 0.6) is 0 Å². The van der Waals surface area contributed by atoms with E-state index in [1.54, 1.807) is 0 Å². The molecule has 0 aromatic heterocycles. The minimum Gasteiger partial charge on any atom is -0.330 e. The number of nitrogens with two attached hydrogens (primary N) is 1. The second-order valence-electron chi connectivity index (χ2n) is 3.95. The van der Waals surface area contributed by atoms with E-state index in [1.165, 1.54) is 12.8 Å². The molecule has 1 heterocycles. The first kappa shape index (κ1) is 10.5. The third-order valence-electron chi connectivity index (χ3n) is 2.89. The lowest BCUT2D eigenvalue weighted by Crippen LogP contribution is -2.43. The monoisotopic (exact) mass is 181 g/mol. The van der Waals surface area contributed by atoms with E-state index >= 15 is 0 Å². The maximum absolute atomic E-state index is 8.59. The number of hydrogen-bond donors (Lipinski definition) is 1. The van der Waals surface area contributed by atoms with Crippen LogP contribution in [0.25, 0.3) is 0 Å². The molecule has 13 heavy (non-hydrogen) atoms. The highest BCUT2D eigenvalue weighted by Crippen LogP contribution is 2.18. The van der Waals surface area contributed by atoms with Gasteiger partial charge in [-0.05, 0) is 38.8 Å². The second-order valence-corrected chi connectivity index (χ2v) is 3.95. The third kappa shape index (κ3) is 2.98. The van der Waals surface area contributed by atoms with Gasteiger partial charge in [-0.3, -0.25) is 4.90 Å². The van der Waals surface area contributed by atoms with Crippen LogP contribution in [-0.4, -0.2) is 30.6 Å². The second kappa shape index (κ2) is 5.21. The van der Waals surface area contributed by atoms with Crippen molar-refractivity contribution in [3.8, 4) is 6.07 Å². The van der Waals surface area contributed by atoms with Crippen molar-refractivity contribution in [2.45, 2.75) is 32.2 Å². The minimum atomic E-state index is 0.402. The molecular weight excluding hydrogens is 162 g/mol. The first-order chi connectivity index (χ1) is 6.27. The molecule has 0 aromatic rings. The summed E-state index contributed by atoms with van der Waals surface area (Å²) < 4.78 is 0. The first-order valence-electron chi connectivity index (χ1n) is 5.09. The topological polar surface area (TPSA) is 53.0 Å². The van der Waals surface area contributed by atoms with Crippen LogP contribution in [0.15, 0.2) is 0 Å². The summed E-state index contributed by atoms with van der Waals surface area (Å²) in [7, 11) is 0. The van der Waals surface area contributed by atoms with Crippen LogP contribution >= 0.6 is 0 Å². The lowest BCUT2D eigenvalue weighted by Gasteiger charge is -2.35. The van der Waals surface area contributed by atoms with E-state index in [1.807, 2.05) is 0 Å². The average molecular weight is 181 g/mol. The maximum Gasteiger partial charge on any atom is 0.0638 e. The molecule has 3 heteroatoms. The van der Waals surface area contributed by atoms with Gasteiger partial charge in [0, 0.05) is 12.6 Å². The average Bonchev–Trinajstić information content (AvgIpc) is 2.18. The predicted octanol–water partition coefficient (Wildman–Crippen LogP) is 0.959. The van der Waals surface area contributed by atoms with Gasteiger partial charge in [0.15, 0.2) is 0 Å². The Morgan fingerprint density at radius 1 is 1.69 bits per heavy atom. The van der Waals surface area contributed by atoms with Crippen molar-refractivity contribution < 1.29 is 0 Å². The molecule has 1 rings (SSSR count). The molecule has 1 fully saturated rings. The molecule has 0 amide bonds. The molecule has 0 radical (unpaired) electrons. The van der Waals surface area contributed by atoms with Gasteiger partial charge in [-0.1, -0.05) is 0 Å². The summed E-state index contributed by atoms with van der Waals surface area (Å²) in [5.74, 6) is 0.648. The Balaban J connectivity index is 2.37. The third-order valence-corrected chi connectivity index (χ3v) is 2.89. The Bertz CT molecular complexity index is 185. The number of likely N-dealkylation sites (tertiary alicyclic amines) is 1. The van der Waals surface area contributed by atoms with Crippen LogP contribution < -0.4 is 5.73 Å². The van der Waals surface area contributed by atoms with Gasteiger partial charge in [0.25, 0.3) is 0 Å². The first-order valence-corrected chi connectivity index (χ1v) is 5.09. The summed E-state index contributed by atoms with van der Waals surface area (Å²) in [4.78, 5) is 2.39. The van der Waals surface area contributed by atoms with Crippen molar-refractivity contribution in [3.63, 3.8) is 0 Å². The molecule has 0 spiro atoms. The fraction of sp³-hybridized carbons (Fsp3) is 0.900. The van der Waals surface area contributed by atoms with Gasteiger partial charge in [-0.2, -0.15) is 5.26 Å². The molecule has 2 unspecified atom stereocenters. The van der Waals surface area contributed by atoms with E-state index in [4.69, 9.17) is 11.0 Å². The van der Waals surface area contributed by atoms with Gasteiger partial charge in [0.05, 0.1) is 12.5 Å². The van der Waals surface area contributed by atoms with Crippen molar-refractivity contribution in [3.05, 3.63) is 0 Å². The summed E-state index contributed by atoms with van der Waals surface area (Å²) in [6.45, 7) is 5.14. The molecule has 3 nitrogen and oxygen atoms in total. The summed E-state index contributed by atoms with van der Waals surface area (Å²) in [6.07, 6.45) is 3.13. The van der Waals surface area contributed by atoms with E-state index in [0.29, 0.717) is 18.4 Å². The molecular formula is C10H19N3. The van der Waals surface area contributed by atoms with Crippen LogP contribution in [0.3, 0.4) is 0 Å². The highest BCUT2D eigenvalue weighted by atomic mass is 15.2. The van der Waals surface area contributed by atoms with Crippen LogP contribution in [0.4, 0.5) is 0 Å². The quantitative estimate of drug-likeness (QED) is 0.705. The van der Waals surface area contributed by atoms with Crippen LogP contribution in [-0.2, 0) is 0 Å². The molecule has 2 atom stereocenters. The molecule has 1 aliphatic heterocycles. The summed E-state index contributed by atoms with van der Waals surface area (Å²) >= 11 is 0. The zero-order valence-electron chi connectivity index (χ0n) is 8.37. The molecule has 1 aliphatic rings. The van der Waals surface area contributed by atoms with Gasteiger partial charge < -0.3 is 5.73 Å². The molecule has 0 saturated carbocycles. The lowest BCUT2D eigenvalue weighted by atomic mass is 9.97.